The van der Waals surface area contributed by atoms with E-state index in [4.69, 9.17) is 27.3 Å². The first-order valence-corrected chi connectivity index (χ1v) is 10.9. The molecule has 3 aromatic heterocycles. The number of rotatable bonds is 2. The number of benzene rings is 1. The second-order valence-electron chi connectivity index (χ2n) is 8.56. The summed E-state index contributed by atoms with van der Waals surface area (Å²) in [7, 11) is 1.74. The van der Waals surface area contributed by atoms with Gasteiger partial charge < -0.3 is 15.6 Å². The first kappa shape index (κ1) is 18.6. The van der Waals surface area contributed by atoms with Crippen molar-refractivity contribution < 1.29 is 0 Å². The number of anilines is 1. The Balaban J connectivity index is 1.45. The summed E-state index contributed by atoms with van der Waals surface area (Å²) in [6.07, 6.45) is 8.08. The third-order valence-corrected chi connectivity index (χ3v) is 7.13. The van der Waals surface area contributed by atoms with Gasteiger partial charge in [0, 0.05) is 42.5 Å². The third kappa shape index (κ3) is 2.67. The summed E-state index contributed by atoms with van der Waals surface area (Å²) < 4.78 is 1.56. The van der Waals surface area contributed by atoms with Gasteiger partial charge in [-0.05, 0) is 31.7 Å². The molecule has 0 aliphatic carbocycles. The molecule has 3 N–H and O–H groups in total. The van der Waals surface area contributed by atoms with E-state index >= 15 is 0 Å². The Bertz CT molecular complexity index is 1370. The summed E-state index contributed by atoms with van der Waals surface area (Å²) in [5.41, 5.74) is 10.5. The Morgan fingerprint density at radius 1 is 1.23 bits per heavy atom. The van der Waals surface area contributed by atoms with E-state index in [1.807, 2.05) is 24.5 Å². The predicted octanol–water partition coefficient (Wildman–Crippen LogP) is 3.50. The van der Waals surface area contributed by atoms with Crippen molar-refractivity contribution in [3.05, 3.63) is 35.2 Å². The fourth-order valence-electron chi connectivity index (χ4n) is 5.39. The van der Waals surface area contributed by atoms with Crippen molar-refractivity contribution in [2.75, 3.05) is 4.90 Å². The molecule has 2 atom stereocenters. The van der Waals surface area contributed by atoms with Crippen LogP contribution < -0.4 is 10.6 Å². The molecular formula is C22H21ClN8. The van der Waals surface area contributed by atoms with E-state index < -0.39 is 0 Å². The van der Waals surface area contributed by atoms with Crippen molar-refractivity contribution >= 4 is 39.5 Å². The van der Waals surface area contributed by atoms with E-state index in [0.717, 1.165) is 53.8 Å². The van der Waals surface area contributed by atoms with E-state index in [0.29, 0.717) is 33.7 Å². The highest BCUT2D eigenvalue weighted by atomic mass is 35.5. The number of nitriles is 1. The highest BCUT2D eigenvalue weighted by Gasteiger charge is 2.40. The number of aromatic nitrogens is 5. The number of halogens is 1. The molecule has 156 valence electrons. The zero-order chi connectivity index (χ0) is 21.3. The van der Waals surface area contributed by atoms with Crippen molar-refractivity contribution in [3.8, 4) is 17.2 Å². The molecule has 0 saturated carbocycles. The molecule has 0 radical (unpaired) electrons. The lowest BCUT2D eigenvalue weighted by molar-refractivity contribution is 0.412. The molecule has 8 nitrogen and oxygen atoms in total. The summed E-state index contributed by atoms with van der Waals surface area (Å²) in [5.74, 6) is 0.904. The van der Waals surface area contributed by atoms with Crippen LogP contribution in [0.1, 0.15) is 31.4 Å². The van der Waals surface area contributed by atoms with Crippen LogP contribution in [0.3, 0.4) is 0 Å². The number of hydrogen-bond acceptors (Lipinski definition) is 6. The highest BCUT2D eigenvalue weighted by Crippen LogP contribution is 2.40. The number of aromatic amines is 1. The first-order valence-electron chi connectivity index (χ1n) is 10.5. The van der Waals surface area contributed by atoms with Gasteiger partial charge in [-0.15, -0.1) is 0 Å². The van der Waals surface area contributed by atoms with E-state index in [2.05, 4.69) is 21.1 Å². The van der Waals surface area contributed by atoms with Crippen LogP contribution in [-0.4, -0.2) is 42.9 Å². The average Bonchev–Trinajstić information content (AvgIpc) is 3.39. The quantitative estimate of drug-likeness (QED) is 0.501. The Morgan fingerprint density at radius 2 is 2.00 bits per heavy atom. The second kappa shape index (κ2) is 6.67. The van der Waals surface area contributed by atoms with Gasteiger partial charge in [-0.3, -0.25) is 4.68 Å². The number of fused-ring (bicyclic) bond motifs is 4. The van der Waals surface area contributed by atoms with Crippen LogP contribution in [0.5, 0.6) is 0 Å². The maximum atomic E-state index is 9.53. The summed E-state index contributed by atoms with van der Waals surface area (Å²) in [6, 6.07) is 7.17. The van der Waals surface area contributed by atoms with Gasteiger partial charge in [0.05, 0.1) is 22.1 Å². The lowest BCUT2D eigenvalue weighted by Crippen LogP contribution is -2.47. The molecule has 4 aromatic rings. The molecule has 2 aliphatic heterocycles. The minimum atomic E-state index is 0.283. The van der Waals surface area contributed by atoms with Crippen molar-refractivity contribution in [2.45, 2.75) is 43.8 Å². The average molecular weight is 433 g/mol. The molecule has 2 fully saturated rings. The number of hydrogen-bond donors (Lipinski definition) is 2. The largest absolute Gasteiger partial charge is 0.349 e. The molecule has 1 aromatic carbocycles. The molecule has 0 spiro atoms. The van der Waals surface area contributed by atoms with E-state index in [1.54, 1.807) is 11.7 Å². The molecule has 2 bridgehead atoms. The molecule has 2 saturated heterocycles. The first-order chi connectivity index (χ1) is 15.0. The van der Waals surface area contributed by atoms with Gasteiger partial charge in [-0.25, -0.2) is 9.97 Å². The molecule has 6 rings (SSSR count). The fraction of sp³-hybridized carbons (Fsp3) is 0.364. The predicted molar refractivity (Wildman–Crippen MR) is 120 cm³/mol. The molecular weight excluding hydrogens is 412 g/mol. The smallest absolute Gasteiger partial charge is 0.159 e. The molecule has 9 heteroatoms. The van der Waals surface area contributed by atoms with Crippen molar-refractivity contribution in [2.24, 2.45) is 12.8 Å². The van der Waals surface area contributed by atoms with E-state index in [1.165, 1.54) is 0 Å². The molecule has 5 heterocycles. The zero-order valence-electron chi connectivity index (χ0n) is 17.0. The number of H-pyrrole nitrogens is 1. The number of piperidine rings is 1. The number of nitrogens with zero attached hydrogens (tertiary/aromatic N) is 6. The fourth-order valence-corrected chi connectivity index (χ4v) is 5.74. The van der Waals surface area contributed by atoms with Crippen molar-refractivity contribution in [1.29, 1.82) is 5.26 Å². The van der Waals surface area contributed by atoms with Gasteiger partial charge >= 0.3 is 0 Å². The van der Waals surface area contributed by atoms with Crippen molar-refractivity contribution in [1.82, 2.24) is 24.7 Å². The number of aryl methyl sites for hydroxylation is 1. The minimum absolute atomic E-state index is 0.283. The lowest BCUT2D eigenvalue weighted by atomic mass is 9.98. The van der Waals surface area contributed by atoms with Crippen LogP contribution in [0, 0.1) is 11.3 Å². The maximum Gasteiger partial charge on any atom is 0.159 e. The van der Waals surface area contributed by atoms with Gasteiger partial charge in [0.25, 0.3) is 0 Å². The third-order valence-electron chi connectivity index (χ3n) is 6.74. The Kier molecular flexibility index (Phi) is 4.01. The number of nitrogens with two attached hydrogens (primary N) is 1. The topological polar surface area (TPSA) is 112 Å². The van der Waals surface area contributed by atoms with Crippen LogP contribution in [0.4, 0.5) is 5.82 Å². The Morgan fingerprint density at radius 3 is 2.74 bits per heavy atom. The van der Waals surface area contributed by atoms with Gasteiger partial charge in [0.2, 0.25) is 0 Å². The Hall–Kier alpha value is -3.15. The van der Waals surface area contributed by atoms with E-state index in [-0.39, 0.29) is 6.04 Å². The van der Waals surface area contributed by atoms with Gasteiger partial charge in [0.15, 0.2) is 5.65 Å². The lowest BCUT2D eigenvalue weighted by Gasteiger charge is -2.38. The summed E-state index contributed by atoms with van der Waals surface area (Å²) >= 11 is 6.76. The SMILES string of the molecule is Cn1nc2ccc(-c3c[nH]c4nc(N5C6CCC5CC(N)C6)cnc34)c(Cl)c2c1C#N. The normalized spacial score (nSPS) is 23.0. The zero-order valence-corrected chi connectivity index (χ0v) is 17.8. The number of nitrogens with one attached hydrogen (secondary N) is 1. The molecule has 0 amide bonds. The monoisotopic (exact) mass is 432 g/mol. The van der Waals surface area contributed by atoms with Gasteiger partial charge in [-0.2, -0.15) is 10.4 Å². The summed E-state index contributed by atoms with van der Waals surface area (Å²) in [5, 5.41) is 15.1. The highest BCUT2D eigenvalue weighted by molar-refractivity contribution is 6.39. The van der Waals surface area contributed by atoms with Crippen LogP contribution in [-0.2, 0) is 7.05 Å². The Labute approximate surface area is 183 Å². The minimum Gasteiger partial charge on any atom is -0.349 e. The van der Waals surface area contributed by atoms with Crippen LogP contribution in [0.15, 0.2) is 24.5 Å². The standard InChI is InChI=1S/C22H21ClN8/c1-30-17(8-24)19-16(29-30)5-4-14(20(19)23)15-9-27-22-21(15)26-10-18(28-22)31-12-2-3-13(31)7-11(25)6-12/h4-5,9-13H,2-3,6-7,25H2,1H3,(H,27,28). The molecule has 2 aliphatic rings. The summed E-state index contributed by atoms with van der Waals surface area (Å²) in [6.45, 7) is 0. The maximum absolute atomic E-state index is 9.53. The van der Waals surface area contributed by atoms with E-state index in [9.17, 15) is 5.26 Å². The molecule has 31 heavy (non-hydrogen) atoms. The van der Waals surface area contributed by atoms with Crippen molar-refractivity contribution in [3.63, 3.8) is 0 Å². The van der Waals surface area contributed by atoms with Gasteiger partial charge in [0.1, 0.15) is 23.1 Å². The van der Waals surface area contributed by atoms with Crippen LogP contribution >= 0.6 is 11.6 Å². The van der Waals surface area contributed by atoms with Crippen LogP contribution in [0.25, 0.3) is 33.2 Å². The molecule has 2 unspecified atom stereocenters. The summed E-state index contributed by atoms with van der Waals surface area (Å²) in [4.78, 5) is 15.3. The van der Waals surface area contributed by atoms with Crippen LogP contribution in [0.2, 0.25) is 5.02 Å². The van der Waals surface area contributed by atoms with Gasteiger partial charge in [-0.1, -0.05) is 17.7 Å². The second-order valence-corrected chi connectivity index (χ2v) is 8.93.